The van der Waals surface area contributed by atoms with E-state index >= 15 is 0 Å². The van der Waals surface area contributed by atoms with Crippen molar-refractivity contribution in [1.29, 1.82) is 10.5 Å². The SMILES string of the molecule is N#CC(C#N)CC(CCCNCCc1ccc(O)c2[nH]c(=O)sc12)OCCc1ccccc1. The first kappa shape index (κ1) is 24.5. The van der Waals surface area contributed by atoms with Gasteiger partial charge in [-0.05, 0) is 56.0 Å². The van der Waals surface area contributed by atoms with Gasteiger partial charge in [0.1, 0.15) is 17.2 Å². The maximum atomic E-state index is 11.6. The summed E-state index contributed by atoms with van der Waals surface area (Å²) in [5.41, 5.74) is 2.72. The molecule has 1 heterocycles. The smallest absolute Gasteiger partial charge is 0.305 e. The molecule has 0 aliphatic rings. The average molecular weight is 465 g/mol. The van der Waals surface area contributed by atoms with Crippen molar-refractivity contribution < 1.29 is 9.84 Å². The van der Waals surface area contributed by atoms with Crippen molar-refractivity contribution in [2.45, 2.75) is 38.2 Å². The molecule has 1 atom stereocenters. The molecule has 3 rings (SSSR count). The van der Waals surface area contributed by atoms with Crippen LogP contribution in [0.1, 0.15) is 30.4 Å². The molecule has 0 spiro atoms. The van der Waals surface area contributed by atoms with E-state index in [-0.39, 0.29) is 16.7 Å². The van der Waals surface area contributed by atoms with Crippen molar-refractivity contribution in [1.82, 2.24) is 10.3 Å². The number of hydrogen-bond donors (Lipinski definition) is 3. The molecule has 0 aliphatic heterocycles. The maximum Gasteiger partial charge on any atom is 0.305 e. The van der Waals surface area contributed by atoms with Crippen LogP contribution < -0.4 is 10.2 Å². The van der Waals surface area contributed by atoms with Crippen LogP contribution in [0.5, 0.6) is 5.75 Å². The van der Waals surface area contributed by atoms with E-state index in [1.165, 1.54) is 5.56 Å². The molecule has 8 heteroatoms. The first-order chi connectivity index (χ1) is 16.1. The number of rotatable bonds is 13. The number of phenolic OH excluding ortho intramolecular Hbond substituents is 1. The van der Waals surface area contributed by atoms with Gasteiger partial charge in [-0.3, -0.25) is 4.79 Å². The number of aromatic hydroxyl groups is 1. The van der Waals surface area contributed by atoms with E-state index in [1.54, 1.807) is 6.07 Å². The summed E-state index contributed by atoms with van der Waals surface area (Å²) in [6, 6.07) is 17.6. The van der Waals surface area contributed by atoms with Crippen molar-refractivity contribution in [3.8, 4) is 17.9 Å². The van der Waals surface area contributed by atoms with Crippen LogP contribution in [0, 0.1) is 28.6 Å². The molecular weight excluding hydrogens is 436 g/mol. The Balaban J connectivity index is 1.42. The molecule has 1 unspecified atom stereocenters. The zero-order valence-corrected chi connectivity index (χ0v) is 19.2. The molecule has 1 aromatic heterocycles. The molecule has 0 saturated carbocycles. The zero-order valence-electron chi connectivity index (χ0n) is 18.4. The van der Waals surface area contributed by atoms with E-state index in [9.17, 15) is 9.90 Å². The lowest BCUT2D eigenvalue weighted by Crippen LogP contribution is -2.23. The second kappa shape index (κ2) is 12.8. The van der Waals surface area contributed by atoms with E-state index in [4.69, 9.17) is 15.3 Å². The van der Waals surface area contributed by atoms with Crippen LogP contribution in [-0.4, -0.2) is 35.9 Å². The Morgan fingerprint density at radius 3 is 2.64 bits per heavy atom. The molecule has 2 aromatic carbocycles. The van der Waals surface area contributed by atoms with E-state index in [1.807, 2.05) is 36.4 Å². The number of aromatic nitrogens is 1. The molecule has 0 saturated heterocycles. The molecule has 172 valence electrons. The number of ether oxygens (including phenoxy) is 1. The summed E-state index contributed by atoms with van der Waals surface area (Å²) in [4.78, 5) is 14.1. The van der Waals surface area contributed by atoms with E-state index in [0.717, 1.165) is 60.4 Å². The largest absolute Gasteiger partial charge is 0.506 e. The summed E-state index contributed by atoms with van der Waals surface area (Å²) in [5.74, 6) is -0.573. The summed E-state index contributed by atoms with van der Waals surface area (Å²) in [7, 11) is 0. The number of thiazole rings is 1. The van der Waals surface area contributed by atoms with Crippen molar-refractivity contribution >= 4 is 21.6 Å². The van der Waals surface area contributed by atoms with Crippen LogP contribution in [-0.2, 0) is 17.6 Å². The minimum atomic E-state index is -0.662. The van der Waals surface area contributed by atoms with E-state index in [2.05, 4.69) is 22.4 Å². The van der Waals surface area contributed by atoms with Gasteiger partial charge in [0.15, 0.2) is 0 Å². The molecule has 0 amide bonds. The highest BCUT2D eigenvalue weighted by Crippen LogP contribution is 2.27. The van der Waals surface area contributed by atoms with Crippen LogP contribution in [0.15, 0.2) is 47.3 Å². The van der Waals surface area contributed by atoms with Gasteiger partial charge in [-0.1, -0.05) is 47.7 Å². The number of H-pyrrole nitrogens is 1. The highest BCUT2D eigenvalue weighted by Gasteiger charge is 2.16. The second-order valence-electron chi connectivity index (χ2n) is 7.88. The highest BCUT2D eigenvalue weighted by atomic mass is 32.1. The van der Waals surface area contributed by atoms with Gasteiger partial charge in [0.2, 0.25) is 0 Å². The average Bonchev–Trinajstić information content (AvgIpc) is 3.23. The molecule has 0 bridgehead atoms. The van der Waals surface area contributed by atoms with Crippen LogP contribution >= 0.6 is 11.3 Å². The number of nitrogens with one attached hydrogen (secondary N) is 2. The molecule has 3 aromatic rings. The third kappa shape index (κ3) is 7.44. The summed E-state index contributed by atoms with van der Waals surface area (Å²) >= 11 is 1.11. The maximum absolute atomic E-state index is 11.6. The second-order valence-corrected chi connectivity index (χ2v) is 8.86. The van der Waals surface area contributed by atoms with Crippen LogP contribution in [0.2, 0.25) is 0 Å². The van der Waals surface area contributed by atoms with Crippen molar-refractivity contribution in [3.05, 3.63) is 63.3 Å². The Kier molecular flexibility index (Phi) is 9.46. The van der Waals surface area contributed by atoms with Crippen molar-refractivity contribution in [2.24, 2.45) is 5.92 Å². The minimum Gasteiger partial charge on any atom is -0.506 e. The number of benzene rings is 2. The monoisotopic (exact) mass is 464 g/mol. The van der Waals surface area contributed by atoms with Gasteiger partial charge in [0.05, 0.1) is 29.5 Å². The standard InChI is InChI=1S/C25H28N4O3S/c26-16-19(17-27)15-21(32-14-11-18-5-2-1-3-6-18)7-4-12-28-13-10-20-8-9-22(30)23-24(20)33-25(31)29-23/h1-3,5-6,8-9,19,21,28,30H,4,7,10-15H2,(H,29,31). The van der Waals surface area contributed by atoms with Gasteiger partial charge in [-0.25, -0.2) is 0 Å². The summed E-state index contributed by atoms with van der Waals surface area (Å²) in [6.07, 6.45) is 3.46. The summed E-state index contributed by atoms with van der Waals surface area (Å²) < 4.78 is 6.83. The third-order valence-electron chi connectivity index (χ3n) is 5.49. The fourth-order valence-corrected chi connectivity index (χ4v) is 4.62. The van der Waals surface area contributed by atoms with Crippen LogP contribution in [0.3, 0.4) is 0 Å². The fraction of sp³-hybridized carbons (Fsp3) is 0.400. The molecule has 0 fully saturated rings. The Bertz CT molecular complexity index is 1150. The van der Waals surface area contributed by atoms with Gasteiger partial charge in [0.25, 0.3) is 0 Å². The molecule has 0 radical (unpaired) electrons. The quantitative estimate of drug-likeness (QED) is 0.330. The first-order valence-electron chi connectivity index (χ1n) is 11.1. The predicted molar refractivity (Wildman–Crippen MR) is 129 cm³/mol. The van der Waals surface area contributed by atoms with Crippen molar-refractivity contribution in [2.75, 3.05) is 19.7 Å². The molecule has 3 N–H and O–H groups in total. The van der Waals surface area contributed by atoms with E-state index in [0.29, 0.717) is 18.5 Å². The number of phenols is 1. The minimum absolute atomic E-state index is 0.0893. The van der Waals surface area contributed by atoms with Gasteiger partial charge < -0.3 is 20.1 Å². The van der Waals surface area contributed by atoms with Crippen LogP contribution in [0.25, 0.3) is 10.2 Å². The van der Waals surface area contributed by atoms with Gasteiger partial charge in [-0.2, -0.15) is 10.5 Å². The Morgan fingerprint density at radius 1 is 1.09 bits per heavy atom. The topological polar surface area (TPSA) is 122 Å². The number of hydrogen-bond acceptors (Lipinski definition) is 7. The van der Waals surface area contributed by atoms with Crippen LogP contribution in [0.4, 0.5) is 0 Å². The number of fused-ring (bicyclic) bond motifs is 1. The number of nitriles is 2. The van der Waals surface area contributed by atoms with Gasteiger partial charge in [0, 0.05) is 6.42 Å². The summed E-state index contributed by atoms with van der Waals surface area (Å²) in [6.45, 7) is 2.08. The van der Waals surface area contributed by atoms with Gasteiger partial charge >= 0.3 is 4.87 Å². The summed E-state index contributed by atoms with van der Waals surface area (Å²) in [5, 5.41) is 31.6. The normalized spacial score (nSPS) is 12.0. The lowest BCUT2D eigenvalue weighted by Gasteiger charge is -2.18. The fourth-order valence-electron chi connectivity index (χ4n) is 3.73. The van der Waals surface area contributed by atoms with E-state index < -0.39 is 5.92 Å². The van der Waals surface area contributed by atoms with Gasteiger partial charge in [-0.15, -0.1) is 0 Å². The lowest BCUT2D eigenvalue weighted by atomic mass is 10.0. The zero-order chi connectivity index (χ0) is 23.5. The molecule has 33 heavy (non-hydrogen) atoms. The predicted octanol–water partition coefficient (Wildman–Crippen LogP) is 3.89. The number of aromatic amines is 1. The molecule has 7 nitrogen and oxygen atoms in total. The lowest BCUT2D eigenvalue weighted by molar-refractivity contribution is 0.0391. The Hall–Kier alpha value is -3.17. The first-order valence-corrected chi connectivity index (χ1v) is 11.9. The third-order valence-corrected chi connectivity index (χ3v) is 6.45. The van der Waals surface area contributed by atoms with Crippen molar-refractivity contribution in [3.63, 3.8) is 0 Å². The molecule has 0 aliphatic carbocycles. The number of nitrogens with zero attached hydrogens (tertiary/aromatic N) is 2. The Labute approximate surface area is 197 Å². The molecular formula is C25H28N4O3S. The highest BCUT2D eigenvalue weighted by molar-refractivity contribution is 7.16. The Morgan fingerprint density at radius 2 is 1.88 bits per heavy atom.